The third-order valence-corrected chi connectivity index (χ3v) is 3.19. The van der Waals surface area contributed by atoms with Gasteiger partial charge in [-0.05, 0) is 31.0 Å². The molecule has 2 N–H and O–H groups in total. The maximum Gasteiger partial charge on any atom is 0.390 e. The summed E-state index contributed by atoms with van der Waals surface area (Å²) >= 11 is 0. The Kier molecular flexibility index (Phi) is 13.2. The van der Waals surface area contributed by atoms with E-state index >= 15 is 0 Å². The molecule has 0 unspecified atom stereocenters. The third kappa shape index (κ3) is 12.2. The normalized spacial score (nSPS) is 11.7. The molecule has 26 heavy (non-hydrogen) atoms. The van der Waals surface area contributed by atoms with E-state index in [2.05, 4.69) is 15.6 Å². The maximum absolute atomic E-state index is 12.1. The lowest BCUT2D eigenvalue weighted by molar-refractivity contribution is -0.132. The highest BCUT2D eigenvalue weighted by Crippen LogP contribution is 2.18. The average Bonchev–Trinajstić information content (AvgIpc) is 2.57. The Balaban J connectivity index is 0.00000625. The molecule has 0 heterocycles. The highest BCUT2D eigenvalue weighted by molar-refractivity contribution is 14.0. The minimum Gasteiger partial charge on any atom is -0.497 e. The van der Waals surface area contributed by atoms with Gasteiger partial charge in [0.05, 0.1) is 20.1 Å². The average molecular weight is 489 g/mol. The number of alkyl halides is 3. The number of nitrogens with zero attached hydrogens (tertiary/aromatic N) is 1. The molecule has 0 spiro atoms. The molecule has 0 fully saturated rings. The molecule has 9 heteroatoms. The topological polar surface area (TPSA) is 54.9 Å². The lowest BCUT2D eigenvalue weighted by Gasteiger charge is -2.12. The van der Waals surface area contributed by atoms with Crippen LogP contribution in [-0.2, 0) is 11.3 Å². The summed E-state index contributed by atoms with van der Waals surface area (Å²) in [6, 6.07) is 7.62. The second-order valence-corrected chi connectivity index (χ2v) is 5.31. The number of halogens is 4. The zero-order chi connectivity index (χ0) is 18.5. The summed E-state index contributed by atoms with van der Waals surface area (Å²) in [6.07, 6.45) is -4.37. The first-order chi connectivity index (χ1) is 11.9. The smallest absolute Gasteiger partial charge is 0.390 e. The van der Waals surface area contributed by atoms with Gasteiger partial charge in [0, 0.05) is 26.2 Å². The van der Waals surface area contributed by atoms with Gasteiger partial charge in [-0.25, -0.2) is 0 Å². The van der Waals surface area contributed by atoms with Crippen molar-refractivity contribution in [3.63, 3.8) is 0 Å². The SMILES string of the molecule is CCNC(=NCCCOCc1ccc(OC)cc1)NCCC(F)(F)F.I. The van der Waals surface area contributed by atoms with Gasteiger partial charge in [0.15, 0.2) is 5.96 Å². The summed E-state index contributed by atoms with van der Waals surface area (Å²) < 4.78 is 47.1. The number of rotatable bonds is 10. The zero-order valence-corrected chi connectivity index (χ0v) is 17.4. The molecule has 0 aliphatic carbocycles. The molecule has 0 atom stereocenters. The molecular formula is C17H27F3IN3O2. The van der Waals surface area contributed by atoms with Crippen molar-refractivity contribution in [3.8, 4) is 5.75 Å². The fourth-order valence-electron chi connectivity index (χ4n) is 1.93. The molecule has 0 radical (unpaired) electrons. The summed E-state index contributed by atoms with van der Waals surface area (Å²) in [5.74, 6) is 1.19. The van der Waals surface area contributed by atoms with Crippen molar-refractivity contribution in [2.24, 2.45) is 4.99 Å². The molecule has 0 aliphatic heterocycles. The summed E-state index contributed by atoms with van der Waals surface area (Å²) in [7, 11) is 1.62. The summed E-state index contributed by atoms with van der Waals surface area (Å²) in [6.45, 7) is 3.76. The van der Waals surface area contributed by atoms with Gasteiger partial charge in [-0.2, -0.15) is 13.2 Å². The second-order valence-electron chi connectivity index (χ2n) is 5.31. The Morgan fingerprint density at radius 1 is 1.15 bits per heavy atom. The lowest BCUT2D eigenvalue weighted by Crippen LogP contribution is -2.39. The van der Waals surface area contributed by atoms with Crippen molar-refractivity contribution in [3.05, 3.63) is 29.8 Å². The molecule has 0 saturated heterocycles. The number of aliphatic imine (C=N–C) groups is 1. The van der Waals surface area contributed by atoms with E-state index in [4.69, 9.17) is 9.47 Å². The molecule has 0 amide bonds. The fourth-order valence-corrected chi connectivity index (χ4v) is 1.93. The van der Waals surface area contributed by atoms with Crippen molar-refractivity contribution < 1.29 is 22.6 Å². The molecule has 0 bridgehead atoms. The van der Waals surface area contributed by atoms with E-state index in [1.54, 1.807) is 7.11 Å². The lowest BCUT2D eigenvalue weighted by atomic mass is 10.2. The molecule has 5 nitrogen and oxygen atoms in total. The van der Waals surface area contributed by atoms with E-state index in [1.165, 1.54) is 0 Å². The van der Waals surface area contributed by atoms with Gasteiger partial charge < -0.3 is 20.1 Å². The van der Waals surface area contributed by atoms with Crippen LogP contribution in [0.15, 0.2) is 29.3 Å². The highest BCUT2D eigenvalue weighted by Gasteiger charge is 2.26. The summed E-state index contributed by atoms with van der Waals surface area (Å²) in [5, 5.41) is 5.59. The molecule has 0 saturated carbocycles. The largest absolute Gasteiger partial charge is 0.497 e. The molecular weight excluding hydrogens is 462 g/mol. The molecule has 150 valence electrons. The monoisotopic (exact) mass is 489 g/mol. The predicted octanol–water partition coefficient (Wildman–Crippen LogP) is 3.73. The van der Waals surface area contributed by atoms with Crippen LogP contribution in [0.1, 0.15) is 25.3 Å². The summed E-state index contributed by atoms with van der Waals surface area (Å²) in [5.41, 5.74) is 1.05. The standard InChI is InChI=1S/C17H26F3N3O2.HI/c1-3-21-16(23-11-9-17(18,19)20)22-10-4-12-25-13-14-5-7-15(24-2)8-6-14;/h5-8H,3-4,9-13H2,1-2H3,(H2,21,22,23);1H. The molecule has 1 aromatic rings. The molecule has 0 aromatic heterocycles. The summed E-state index contributed by atoms with van der Waals surface area (Å²) in [4.78, 5) is 4.23. The van der Waals surface area contributed by atoms with Gasteiger partial charge >= 0.3 is 6.18 Å². The fraction of sp³-hybridized carbons (Fsp3) is 0.588. The first-order valence-corrected chi connectivity index (χ1v) is 8.24. The van der Waals surface area contributed by atoms with Crippen LogP contribution in [-0.4, -0.2) is 45.5 Å². The Hall–Kier alpha value is -1.23. The Morgan fingerprint density at radius 2 is 1.85 bits per heavy atom. The van der Waals surface area contributed by atoms with Gasteiger partial charge in [0.25, 0.3) is 0 Å². The van der Waals surface area contributed by atoms with Crippen LogP contribution in [0.4, 0.5) is 13.2 Å². The van der Waals surface area contributed by atoms with Crippen LogP contribution in [0.2, 0.25) is 0 Å². The third-order valence-electron chi connectivity index (χ3n) is 3.19. The van der Waals surface area contributed by atoms with Crippen LogP contribution >= 0.6 is 24.0 Å². The van der Waals surface area contributed by atoms with Gasteiger partial charge in [-0.15, -0.1) is 24.0 Å². The van der Waals surface area contributed by atoms with Gasteiger partial charge in [-0.3, -0.25) is 4.99 Å². The first-order valence-electron chi connectivity index (χ1n) is 8.24. The van der Waals surface area contributed by atoms with Crippen LogP contribution in [0.5, 0.6) is 5.75 Å². The van der Waals surface area contributed by atoms with Crippen molar-refractivity contribution in [1.82, 2.24) is 10.6 Å². The number of hydrogen-bond acceptors (Lipinski definition) is 3. The van der Waals surface area contributed by atoms with E-state index < -0.39 is 12.6 Å². The number of hydrogen-bond donors (Lipinski definition) is 2. The van der Waals surface area contributed by atoms with E-state index in [9.17, 15) is 13.2 Å². The predicted molar refractivity (Wildman–Crippen MR) is 107 cm³/mol. The minimum atomic E-state index is -4.17. The van der Waals surface area contributed by atoms with Crippen molar-refractivity contribution in [2.75, 3.05) is 33.4 Å². The Bertz CT molecular complexity index is 511. The zero-order valence-electron chi connectivity index (χ0n) is 15.1. The van der Waals surface area contributed by atoms with Crippen LogP contribution in [0.25, 0.3) is 0 Å². The van der Waals surface area contributed by atoms with Crippen LogP contribution in [0.3, 0.4) is 0 Å². The van der Waals surface area contributed by atoms with Gasteiger partial charge in [0.1, 0.15) is 5.75 Å². The minimum absolute atomic E-state index is 0. The molecule has 1 rings (SSSR count). The van der Waals surface area contributed by atoms with Crippen molar-refractivity contribution in [1.29, 1.82) is 0 Å². The van der Waals surface area contributed by atoms with Crippen LogP contribution < -0.4 is 15.4 Å². The van der Waals surface area contributed by atoms with Crippen molar-refractivity contribution in [2.45, 2.75) is 32.5 Å². The number of nitrogens with one attached hydrogen (secondary N) is 2. The van der Waals surface area contributed by atoms with Gasteiger partial charge in [0.2, 0.25) is 0 Å². The number of ether oxygens (including phenoxy) is 2. The Morgan fingerprint density at radius 3 is 2.42 bits per heavy atom. The van der Waals surface area contributed by atoms with Crippen LogP contribution in [0, 0.1) is 0 Å². The van der Waals surface area contributed by atoms with Gasteiger partial charge in [-0.1, -0.05) is 12.1 Å². The van der Waals surface area contributed by atoms with E-state index in [0.717, 1.165) is 11.3 Å². The molecule has 0 aliphatic rings. The van der Waals surface area contributed by atoms with Crippen molar-refractivity contribution >= 4 is 29.9 Å². The van der Waals surface area contributed by atoms with E-state index in [0.29, 0.717) is 38.7 Å². The number of benzene rings is 1. The highest BCUT2D eigenvalue weighted by atomic mass is 127. The number of methoxy groups -OCH3 is 1. The quantitative estimate of drug-likeness (QED) is 0.228. The second kappa shape index (κ2) is 13.9. The first kappa shape index (κ1) is 24.8. The maximum atomic E-state index is 12.1. The van der Waals surface area contributed by atoms with E-state index in [1.807, 2.05) is 31.2 Å². The van der Waals surface area contributed by atoms with E-state index in [-0.39, 0.29) is 30.5 Å². The number of guanidine groups is 1. The Labute approximate surface area is 169 Å². The molecule has 1 aromatic carbocycles.